The van der Waals surface area contributed by atoms with Crippen molar-refractivity contribution >= 4 is 71.7 Å². The molecule has 11 rings (SSSR count). The Morgan fingerprint density at radius 1 is 0.418 bits per heavy atom. The van der Waals surface area contributed by atoms with Crippen LogP contribution in [0.2, 0.25) is 0 Å². The smallest absolute Gasteiger partial charge is 0.136 e. The maximum Gasteiger partial charge on any atom is 0.136 e. The molecule has 1 aliphatic carbocycles. The zero-order valence-corrected chi connectivity index (χ0v) is 30.5. The van der Waals surface area contributed by atoms with Crippen LogP contribution in [-0.2, 0) is 0 Å². The van der Waals surface area contributed by atoms with Gasteiger partial charge in [0.05, 0.1) is 5.69 Å². The Morgan fingerprint density at radius 2 is 1.04 bits per heavy atom. The summed E-state index contributed by atoms with van der Waals surface area (Å²) >= 11 is 0. The highest BCUT2D eigenvalue weighted by molar-refractivity contribution is 6.13. The maximum absolute atomic E-state index is 6.31. The van der Waals surface area contributed by atoms with Crippen molar-refractivity contribution in [1.82, 2.24) is 0 Å². The molecule has 3 nitrogen and oxygen atoms in total. The van der Waals surface area contributed by atoms with Crippen molar-refractivity contribution in [3.05, 3.63) is 175 Å². The van der Waals surface area contributed by atoms with E-state index in [4.69, 9.17) is 8.83 Å². The average Bonchev–Trinajstić information content (AvgIpc) is 3.83. The summed E-state index contributed by atoms with van der Waals surface area (Å²) in [6.07, 6.45) is 6.47. The van der Waals surface area contributed by atoms with Gasteiger partial charge in [-0.2, -0.15) is 0 Å². The van der Waals surface area contributed by atoms with Crippen LogP contribution in [0.15, 0.2) is 179 Å². The van der Waals surface area contributed by atoms with E-state index in [0.717, 1.165) is 66.5 Å². The topological polar surface area (TPSA) is 29.5 Å². The van der Waals surface area contributed by atoms with Gasteiger partial charge in [-0.3, -0.25) is 0 Å². The Kier molecular flexibility index (Phi) is 7.58. The monoisotopic (exact) mass is 709 g/mol. The number of hydrogen-bond acceptors (Lipinski definition) is 3. The molecule has 0 spiro atoms. The number of anilines is 3. The van der Waals surface area contributed by atoms with Gasteiger partial charge in [0.25, 0.3) is 0 Å². The zero-order valence-electron chi connectivity index (χ0n) is 30.5. The number of furan rings is 2. The van der Waals surface area contributed by atoms with Crippen LogP contribution in [-0.4, -0.2) is 0 Å². The highest BCUT2D eigenvalue weighted by Gasteiger charge is 2.23. The summed E-state index contributed by atoms with van der Waals surface area (Å²) in [5.74, 6) is 0.586. The van der Waals surface area contributed by atoms with Gasteiger partial charge in [-0.05, 0) is 106 Å². The lowest BCUT2D eigenvalue weighted by molar-refractivity contribution is 0.445. The summed E-state index contributed by atoms with van der Waals surface area (Å²) in [7, 11) is 0. The lowest BCUT2D eigenvalue weighted by atomic mass is 9.80. The molecule has 0 bridgehead atoms. The van der Waals surface area contributed by atoms with Crippen molar-refractivity contribution in [3.8, 4) is 22.3 Å². The molecule has 0 N–H and O–H groups in total. The van der Waals surface area contributed by atoms with E-state index >= 15 is 0 Å². The minimum absolute atomic E-state index is 0.586. The number of rotatable bonds is 6. The van der Waals surface area contributed by atoms with Gasteiger partial charge in [-0.1, -0.05) is 135 Å². The van der Waals surface area contributed by atoms with Crippen molar-refractivity contribution in [2.24, 2.45) is 0 Å². The zero-order chi connectivity index (χ0) is 36.3. The van der Waals surface area contributed by atoms with E-state index < -0.39 is 0 Å². The summed E-state index contributed by atoms with van der Waals surface area (Å²) in [6.45, 7) is 0. The highest BCUT2D eigenvalue weighted by Crippen LogP contribution is 2.47. The van der Waals surface area contributed by atoms with Crippen LogP contribution in [0.5, 0.6) is 0 Å². The molecule has 1 aliphatic rings. The molecule has 1 saturated carbocycles. The second-order valence-electron chi connectivity index (χ2n) is 15.0. The molecule has 264 valence electrons. The lowest BCUT2D eigenvalue weighted by Crippen LogP contribution is -2.11. The summed E-state index contributed by atoms with van der Waals surface area (Å²) in [4.78, 5) is 2.43. The molecule has 1 fully saturated rings. The van der Waals surface area contributed by atoms with E-state index in [0.29, 0.717) is 5.92 Å². The van der Waals surface area contributed by atoms with Crippen LogP contribution < -0.4 is 4.90 Å². The standard InChI is InChI=1S/C52H39NO2/c1-2-13-34(14-3-1)39-20-10-15-36-16-11-22-43(51(36)39)41-17-4-7-23-46(41)53(38-31-32-49-45(33-38)42-18-5-8-24-47(42)54-49)37-29-27-35(28-30-37)40-21-12-26-50-52(40)44-19-6-9-25-48(44)55-50/h4-12,15-34H,1-3,13-14H2. The first-order chi connectivity index (χ1) is 27.3. The van der Waals surface area contributed by atoms with Crippen molar-refractivity contribution in [1.29, 1.82) is 0 Å². The third-order valence-electron chi connectivity index (χ3n) is 11.9. The maximum atomic E-state index is 6.31. The summed E-state index contributed by atoms with van der Waals surface area (Å²) < 4.78 is 12.6. The molecule has 2 heterocycles. The molecule has 0 atom stereocenters. The van der Waals surface area contributed by atoms with Crippen molar-refractivity contribution in [3.63, 3.8) is 0 Å². The van der Waals surface area contributed by atoms with E-state index in [9.17, 15) is 0 Å². The van der Waals surface area contributed by atoms with Gasteiger partial charge in [0.1, 0.15) is 22.3 Å². The van der Waals surface area contributed by atoms with E-state index in [1.165, 1.54) is 65.1 Å². The van der Waals surface area contributed by atoms with Crippen molar-refractivity contribution < 1.29 is 8.83 Å². The van der Waals surface area contributed by atoms with Gasteiger partial charge in [0, 0.05) is 38.5 Å². The summed E-state index contributed by atoms with van der Waals surface area (Å²) in [6, 6.07) is 61.4. The fourth-order valence-corrected chi connectivity index (χ4v) is 9.33. The van der Waals surface area contributed by atoms with E-state index in [-0.39, 0.29) is 0 Å². The van der Waals surface area contributed by atoms with Crippen LogP contribution >= 0.6 is 0 Å². The van der Waals surface area contributed by atoms with Crippen molar-refractivity contribution in [2.45, 2.75) is 38.0 Å². The van der Waals surface area contributed by atoms with Gasteiger partial charge < -0.3 is 13.7 Å². The van der Waals surface area contributed by atoms with Gasteiger partial charge in [0.2, 0.25) is 0 Å². The Balaban J connectivity index is 1.12. The molecule has 0 amide bonds. The normalized spacial score (nSPS) is 13.7. The van der Waals surface area contributed by atoms with Crippen molar-refractivity contribution in [2.75, 3.05) is 4.90 Å². The number of fused-ring (bicyclic) bond motifs is 7. The van der Waals surface area contributed by atoms with Crippen LogP contribution in [0.3, 0.4) is 0 Å². The Bertz CT molecular complexity index is 3030. The highest BCUT2D eigenvalue weighted by atomic mass is 16.3. The molecule has 55 heavy (non-hydrogen) atoms. The second kappa shape index (κ2) is 13.1. The quantitative estimate of drug-likeness (QED) is 0.172. The molecule has 0 aliphatic heterocycles. The van der Waals surface area contributed by atoms with Gasteiger partial charge in [-0.15, -0.1) is 0 Å². The SMILES string of the molecule is c1ccc(N(c2ccc(-c3cccc4oc5ccccc5c34)cc2)c2ccc3oc4ccccc4c3c2)c(-c2cccc3cccc(C4CCCCC4)c23)c1. The van der Waals surface area contributed by atoms with Crippen LogP contribution in [0.1, 0.15) is 43.6 Å². The minimum atomic E-state index is 0.586. The first-order valence-electron chi connectivity index (χ1n) is 19.6. The van der Waals surface area contributed by atoms with Crippen LogP contribution in [0.4, 0.5) is 17.1 Å². The van der Waals surface area contributed by atoms with E-state index in [1.54, 1.807) is 0 Å². The van der Waals surface area contributed by atoms with E-state index in [1.807, 2.05) is 18.2 Å². The Hall–Kier alpha value is -6.58. The number of hydrogen-bond donors (Lipinski definition) is 0. The van der Waals surface area contributed by atoms with Crippen LogP contribution in [0.25, 0.3) is 76.9 Å². The Morgan fingerprint density at radius 3 is 1.89 bits per heavy atom. The molecule has 3 heteroatoms. The summed E-state index contributed by atoms with van der Waals surface area (Å²) in [5.41, 5.74) is 13.2. The van der Waals surface area contributed by atoms with Crippen LogP contribution in [0, 0.1) is 0 Å². The molecule has 10 aromatic rings. The fraction of sp³-hybridized carbons (Fsp3) is 0.115. The first-order valence-corrected chi connectivity index (χ1v) is 19.6. The van der Waals surface area contributed by atoms with Gasteiger partial charge in [0.15, 0.2) is 0 Å². The third-order valence-corrected chi connectivity index (χ3v) is 11.9. The van der Waals surface area contributed by atoms with E-state index in [2.05, 4.69) is 157 Å². The third kappa shape index (κ3) is 5.33. The number of para-hydroxylation sites is 3. The molecular formula is C52H39NO2. The molecule has 8 aromatic carbocycles. The second-order valence-corrected chi connectivity index (χ2v) is 15.0. The predicted molar refractivity (Wildman–Crippen MR) is 230 cm³/mol. The average molecular weight is 710 g/mol. The fourth-order valence-electron chi connectivity index (χ4n) is 9.33. The first kappa shape index (κ1) is 31.9. The predicted octanol–water partition coefficient (Wildman–Crippen LogP) is 15.5. The molecule has 0 unspecified atom stereocenters. The lowest BCUT2D eigenvalue weighted by Gasteiger charge is -2.29. The number of benzene rings is 8. The molecule has 0 saturated heterocycles. The van der Waals surface area contributed by atoms with Gasteiger partial charge >= 0.3 is 0 Å². The Labute approximate surface area is 320 Å². The van der Waals surface area contributed by atoms with Gasteiger partial charge in [-0.25, -0.2) is 0 Å². The molecular weight excluding hydrogens is 671 g/mol. The minimum Gasteiger partial charge on any atom is -0.456 e. The molecule has 0 radical (unpaired) electrons. The largest absolute Gasteiger partial charge is 0.456 e. The number of nitrogens with zero attached hydrogens (tertiary/aromatic N) is 1. The summed E-state index contributed by atoms with van der Waals surface area (Å²) in [5, 5.41) is 7.20. The molecule has 2 aromatic heterocycles.